The molecule has 1 aliphatic rings. The zero-order chi connectivity index (χ0) is 20.7. The summed E-state index contributed by atoms with van der Waals surface area (Å²) in [5.41, 5.74) is 5.90. The fourth-order valence-electron chi connectivity index (χ4n) is 4.56. The third kappa shape index (κ3) is 3.38. The average molecular weight is 399 g/mol. The van der Waals surface area contributed by atoms with Crippen LogP contribution in [0.1, 0.15) is 29.3 Å². The number of nitrogens with one attached hydrogen (secondary N) is 1. The molecule has 0 bridgehead atoms. The minimum absolute atomic E-state index is 0.137. The first-order valence-corrected chi connectivity index (χ1v) is 10.4. The van der Waals surface area contributed by atoms with Crippen molar-refractivity contribution in [1.82, 2.24) is 24.6 Å². The van der Waals surface area contributed by atoms with Crippen molar-refractivity contribution in [3.63, 3.8) is 0 Å². The summed E-state index contributed by atoms with van der Waals surface area (Å²) in [4.78, 5) is 19.8. The Morgan fingerprint density at radius 1 is 1.23 bits per heavy atom. The van der Waals surface area contributed by atoms with Crippen LogP contribution in [0.4, 0.5) is 0 Å². The highest BCUT2D eigenvalue weighted by atomic mass is 16.2. The molecule has 30 heavy (non-hydrogen) atoms. The number of hydrogen-bond donors (Lipinski definition) is 1. The highest BCUT2D eigenvalue weighted by Gasteiger charge is 2.33. The van der Waals surface area contributed by atoms with Crippen LogP contribution in [-0.4, -0.2) is 43.1 Å². The van der Waals surface area contributed by atoms with Gasteiger partial charge in [0.15, 0.2) is 0 Å². The molecule has 4 heterocycles. The number of carbonyl (C=O) groups is 1. The van der Waals surface area contributed by atoms with Gasteiger partial charge in [-0.2, -0.15) is 5.10 Å². The Morgan fingerprint density at radius 2 is 2.13 bits per heavy atom. The van der Waals surface area contributed by atoms with E-state index in [0.29, 0.717) is 5.92 Å². The van der Waals surface area contributed by atoms with Crippen LogP contribution in [-0.2, 0) is 6.54 Å². The first-order chi connectivity index (χ1) is 14.6. The molecule has 4 aromatic rings. The fourth-order valence-corrected chi connectivity index (χ4v) is 4.56. The van der Waals surface area contributed by atoms with Crippen LogP contribution in [0.25, 0.3) is 22.3 Å². The van der Waals surface area contributed by atoms with Crippen LogP contribution in [0.5, 0.6) is 0 Å². The summed E-state index contributed by atoms with van der Waals surface area (Å²) in [6, 6.07) is 14.3. The van der Waals surface area contributed by atoms with Crippen LogP contribution >= 0.6 is 0 Å². The Bertz CT molecular complexity index is 1190. The van der Waals surface area contributed by atoms with Crippen molar-refractivity contribution >= 4 is 16.9 Å². The molecule has 1 aromatic carbocycles. The molecule has 0 saturated carbocycles. The number of amides is 1. The maximum Gasteiger partial charge on any atom is 0.254 e. The molecule has 5 rings (SSSR count). The van der Waals surface area contributed by atoms with Crippen molar-refractivity contribution in [3.05, 3.63) is 72.2 Å². The van der Waals surface area contributed by atoms with Crippen molar-refractivity contribution in [3.8, 4) is 11.3 Å². The Morgan fingerprint density at radius 3 is 2.93 bits per heavy atom. The van der Waals surface area contributed by atoms with Gasteiger partial charge in [-0.1, -0.05) is 17.7 Å². The Hall–Kier alpha value is -3.41. The van der Waals surface area contributed by atoms with Crippen LogP contribution < -0.4 is 0 Å². The molecule has 6 heteroatoms. The van der Waals surface area contributed by atoms with Gasteiger partial charge >= 0.3 is 0 Å². The van der Waals surface area contributed by atoms with Crippen LogP contribution in [0.15, 0.2) is 61.1 Å². The predicted molar refractivity (Wildman–Crippen MR) is 117 cm³/mol. The van der Waals surface area contributed by atoms with Gasteiger partial charge in [-0.05, 0) is 56.5 Å². The summed E-state index contributed by atoms with van der Waals surface area (Å²) >= 11 is 0. The van der Waals surface area contributed by atoms with E-state index in [0.717, 1.165) is 52.9 Å². The van der Waals surface area contributed by atoms with Crippen LogP contribution in [0.2, 0.25) is 0 Å². The number of H-pyrrole nitrogens is 1. The van der Waals surface area contributed by atoms with E-state index >= 15 is 0 Å². The maximum atomic E-state index is 13.0. The van der Waals surface area contributed by atoms with E-state index in [1.165, 1.54) is 0 Å². The second kappa shape index (κ2) is 7.44. The van der Waals surface area contributed by atoms with E-state index < -0.39 is 0 Å². The third-order valence-corrected chi connectivity index (χ3v) is 6.06. The standard InChI is InChI=1S/C24H25N5O/c1-16-4-3-5-19(10-16)24(30)29-15-18(11-17(29)2)14-28-9-8-22-23(28)7-6-21(27-22)20-12-25-26-13-20/h3-10,12-13,17-18H,11,14-15H2,1-2H3,(H,25,26)/t17-,18?/m0/s1. The van der Waals surface area contributed by atoms with Crippen molar-refractivity contribution in [2.75, 3.05) is 6.54 Å². The molecule has 6 nitrogen and oxygen atoms in total. The molecule has 0 spiro atoms. The zero-order valence-corrected chi connectivity index (χ0v) is 17.2. The predicted octanol–water partition coefficient (Wildman–Crippen LogP) is 4.29. The zero-order valence-electron chi connectivity index (χ0n) is 17.2. The number of carbonyl (C=O) groups excluding carboxylic acids is 1. The quantitative estimate of drug-likeness (QED) is 0.557. The lowest BCUT2D eigenvalue weighted by atomic mass is 10.1. The van der Waals surface area contributed by atoms with Crippen molar-refractivity contribution < 1.29 is 4.79 Å². The summed E-state index contributed by atoms with van der Waals surface area (Å²) < 4.78 is 2.26. The van der Waals surface area contributed by atoms with Gasteiger partial charge in [0.1, 0.15) is 0 Å². The number of pyridine rings is 1. The molecule has 1 aliphatic heterocycles. The second-order valence-electron chi connectivity index (χ2n) is 8.33. The number of aryl methyl sites for hydroxylation is 1. The normalized spacial score (nSPS) is 18.9. The van der Waals surface area contributed by atoms with Gasteiger partial charge < -0.3 is 9.47 Å². The number of aromatic amines is 1. The Kier molecular flexibility index (Phi) is 4.62. The largest absolute Gasteiger partial charge is 0.346 e. The van der Waals surface area contributed by atoms with Gasteiger partial charge in [0.2, 0.25) is 0 Å². The molecule has 1 amide bonds. The first kappa shape index (κ1) is 18.6. The number of rotatable bonds is 4. The van der Waals surface area contributed by atoms with E-state index in [2.05, 4.69) is 40.0 Å². The van der Waals surface area contributed by atoms with Gasteiger partial charge in [0, 0.05) is 42.7 Å². The van der Waals surface area contributed by atoms with Gasteiger partial charge in [-0.3, -0.25) is 9.89 Å². The van der Waals surface area contributed by atoms with Crippen molar-refractivity contribution in [2.45, 2.75) is 32.9 Å². The lowest BCUT2D eigenvalue weighted by Crippen LogP contribution is -2.34. The topological polar surface area (TPSA) is 66.8 Å². The van der Waals surface area contributed by atoms with Crippen LogP contribution in [0, 0.1) is 12.8 Å². The maximum absolute atomic E-state index is 13.0. The van der Waals surface area contributed by atoms with Gasteiger partial charge in [0.05, 0.1) is 22.9 Å². The van der Waals surface area contributed by atoms with Crippen LogP contribution in [0.3, 0.4) is 0 Å². The number of hydrogen-bond acceptors (Lipinski definition) is 3. The summed E-state index contributed by atoms with van der Waals surface area (Å²) in [6.07, 6.45) is 6.75. The summed E-state index contributed by atoms with van der Waals surface area (Å²) in [6.45, 7) is 5.85. The number of fused-ring (bicyclic) bond motifs is 1. The van der Waals surface area contributed by atoms with Gasteiger partial charge in [-0.15, -0.1) is 0 Å². The number of aromatic nitrogens is 4. The van der Waals surface area contributed by atoms with E-state index in [4.69, 9.17) is 4.98 Å². The lowest BCUT2D eigenvalue weighted by Gasteiger charge is -2.22. The van der Waals surface area contributed by atoms with E-state index in [9.17, 15) is 4.79 Å². The summed E-state index contributed by atoms with van der Waals surface area (Å²) in [7, 11) is 0. The number of nitrogens with zero attached hydrogens (tertiary/aromatic N) is 4. The van der Waals surface area contributed by atoms with Crippen molar-refractivity contribution in [1.29, 1.82) is 0 Å². The molecule has 0 aliphatic carbocycles. The van der Waals surface area contributed by atoms with Gasteiger partial charge in [0.25, 0.3) is 5.91 Å². The average Bonchev–Trinajstić information content (AvgIpc) is 3.48. The molecular formula is C24H25N5O. The highest BCUT2D eigenvalue weighted by Crippen LogP contribution is 2.28. The fraction of sp³-hybridized carbons (Fsp3) is 0.292. The lowest BCUT2D eigenvalue weighted by molar-refractivity contribution is 0.0742. The summed E-state index contributed by atoms with van der Waals surface area (Å²) in [5.74, 6) is 0.565. The van der Waals surface area contributed by atoms with E-state index in [1.807, 2.05) is 48.4 Å². The first-order valence-electron chi connectivity index (χ1n) is 10.4. The molecule has 1 unspecified atom stereocenters. The smallest absolute Gasteiger partial charge is 0.254 e. The Balaban J connectivity index is 1.33. The molecular weight excluding hydrogens is 374 g/mol. The van der Waals surface area contributed by atoms with E-state index in [1.54, 1.807) is 6.20 Å². The number of benzene rings is 1. The van der Waals surface area contributed by atoms with Crippen molar-refractivity contribution in [2.24, 2.45) is 5.92 Å². The molecule has 0 radical (unpaired) electrons. The minimum atomic E-state index is 0.137. The molecule has 1 saturated heterocycles. The SMILES string of the molecule is Cc1cccc(C(=O)N2CC(Cn3ccc4nc(-c5cn[nH]c5)ccc43)C[C@@H]2C)c1. The molecule has 1 fully saturated rings. The molecule has 1 N–H and O–H groups in total. The molecule has 2 atom stereocenters. The molecule has 3 aromatic heterocycles. The highest BCUT2D eigenvalue weighted by molar-refractivity contribution is 5.94. The molecule has 152 valence electrons. The summed E-state index contributed by atoms with van der Waals surface area (Å²) in [5, 5.41) is 6.84. The minimum Gasteiger partial charge on any atom is -0.346 e. The van der Waals surface area contributed by atoms with E-state index in [-0.39, 0.29) is 11.9 Å². The number of likely N-dealkylation sites (tertiary alicyclic amines) is 1. The second-order valence-corrected chi connectivity index (χ2v) is 8.33. The Labute approximate surface area is 175 Å². The monoisotopic (exact) mass is 399 g/mol. The third-order valence-electron chi connectivity index (χ3n) is 6.06. The van der Waals surface area contributed by atoms with Gasteiger partial charge in [-0.25, -0.2) is 4.98 Å².